The molecule has 0 spiro atoms. The van der Waals surface area contributed by atoms with E-state index in [-0.39, 0.29) is 43.3 Å². The summed E-state index contributed by atoms with van der Waals surface area (Å²) >= 11 is 4.34. The van der Waals surface area contributed by atoms with Crippen molar-refractivity contribution >= 4 is 54.0 Å². The Morgan fingerprint density at radius 1 is 0.607 bits per heavy atom. The molecule has 16 nitrogen and oxygen atoms in total. The molecule has 6 amide bonds. The summed E-state index contributed by atoms with van der Waals surface area (Å²) < 4.78 is 0. The van der Waals surface area contributed by atoms with E-state index in [1.54, 1.807) is 44.2 Å². The maximum absolute atomic E-state index is 14.0. The molecule has 2 rings (SSSR count). The first-order valence-electron chi connectivity index (χ1n) is 21.1. The van der Waals surface area contributed by atoms with Crippen molar-refractivity contribution in [3.63, 3.8) is 0 Å². The minimum absolute atomic E-state index is 0.0123. The average Bonchev–Trinajstić information content (AvgIpc) is 3.22. The van der Waals surface area contributed by atoms with Crippen LogP contribution in [0.4, 0.5) is 0 Å². The maximum Gasteiger partial charge on any atom is 0.326 e. The highest BCUT2D eigenvalue weighted by Crippen LogP contribution is 2.12. The van der Waals surface area contributed by atoms with Crippen LogP contribution in [-0.4, -0.2) is 101 Å². The second kappa shape index (κ2) is 27.1. The summed E-state index contributed by atoms with van der Waals surface area (Å²) in [5.41, 5.74) is 13.4. The lowest BCUT2D eigenvalue weighted by molar-refractivity contribution is -0.143. The molecule has 0 saturated carbocycles. The van der Waals surface area contributed by atoms with Crippen molar-refractivity contribution in [3.8, 4) is 0 Å². The van der Waals surface area contributed by atoms with Crippen LogP contribution in [0.15, 0.2) is 60.7 Å². The van der Waals surface area contributed by atoms with Gasteiger partial charge in [-0.25, -0.2) is 4.79 Å². The lowest BCUT2D eigenvalue weighted by Gasteiger charge is -2.28. The van der Waals surface area contributed by atoms with E-state index in [1.165, 1.54) is 0 Å². The van der Waals surface area contributed by atoms with Crippen LogP contribution >= 0.6 is 12.6 Å². The highest BCUT2D eigenvalue weighted by molar-refractivity contribution is 7.80. The molecule has 8 atom stereocenters. The van der Waals surface area contributed by atoms with Gasteiger partial charge in [0.15, 0.2) is 0 Å². The highest BCUT2D eigenvalue weighted by Gasteiger charge is 2.34. The van der Waals surface area contributed by atoms with Crippen LogP contribution in [0.3, 0.4) is 0 Å². The van der Waals surface area contributed by atoms with Gasteiger partial charge in [0, 0.05) is 18.6 Å². The summed E-state index contributed by atoms with van der Waals surface area (Å²) in [6.07, 6.45) is 2.12. The molecule has 0 aliphatic carbocycles. The number of carbonyl (C=O) groups is 7. The molecule has 0 aliphatic heterocycles. The molecule has 17 heteroatoms. The van der Waals surface area contributed by atoms with Gasteiger partial charge in [-0.3, -0.25) is 28.8 Å². The van der Waals surface area contributed by atoms with Gasteiger partial charge < -0.3 is 48.5 Å². The number of unbranched alkanes of at least 4 members (excludes halogenated alkanes) is 1. The van der Waals surface area contributed by atoms with Crippen LogP contribution in [-0.2, 0) is 46.4 Å². The van der Waals surface area contributed by atoms with E-state index >= 15 is 0 Å². The van der Waals surface area contributed by atoms with Crippen LogP contribution in [0.5, 0.6) is 0 Å². The number of aliphatic carboxylic acids is 1. The molecule has 0 heterocycles. The molecule has 0 aliphatic rings. The highest BCUT2D eigenvalue weighted by atomic mass is 32.1. The number of nitrogens with one attached hydrogen (secondary N) is 6. The van der Waals surface area contributed by atoms with Gasteiger partial charge >= 0.3 is 5.97 Å². The zero-order chi connectivity index (χ0) is 45.6. The molecule has 0 aromatic heterocycles. The fourth-order valence-electron chi connectivity index (χ4n) is 6.41. The lowest BCUT2D eigenvalue weighted by Crippen LogP contribution is -2.61. The maximum atomic E-state index is 14.0. The summed E-state index contributed by atoms with van der Waals surface area (Å²) in [6, 6.07) is 10.0. The van der Waals surface area contributed by atoms with Gasteiger partial charge in [0.2, 0.25) is 35.4 Å². The first kappa shape index (κ1) is 52.1. The van der Waals surface area contributed by atoms with Crippen molar-refractivity contribution in [3.05, 3.63) is 71.8 Å². The third-order valence-electron chi connectivity index (χ3n) is 10.4. The predicted molar refractivity (Wildman–Crippen MR) is 238 cm³/mol. The number of carbonyl (C=O) groups excluding carboxylic acids is 6. The van der Waals surface area contributed by atoms with E-state index in [2.05, 4.69) is 44.5 Å². The summed E-state index contributed by atoms with van der Waals surface area (Å²) in [7, 11) is 0. The van der Waals surface area contributed by atoms with Crippen LogP contribution < -0.4 is 43.4 Å². The third kappa shape index (κ3) is 18.3. The van der Waals surface area contributed by atoms with Crippen molar-refractivity contribution in [2.75, 3.05) is 12.3 Å². The number of hydrogen-bond acceptors (Lipinski definition) is 10. The van der Waals surface area contributed by atoms with E-state index in [4.69, 9.17) is 11.5 Å². The van der Waals surface area contributed by atoms with Crippen LogP contribution in [0, 0.1) is 17.8 Å². The number of amides is 6. The standard InChI is InChI=1S/C44H68N8O8S/c1-7-28(6)36(46)43(58)50-34(24-30-18-12-9-13-19-30)39(54)47-31(20-14-15-21-45)38(53)51-35(25-61)42(57)49-33(23-29-16-10-8-11-17-29)40(55)48-32(22-26(2)3)41(56)52-37(27(4)5)44(59)60/h8-13,16-19,26-28,31-37,61H,7,14-15,20-25,45-46H2,1-6H3,(H,47,54)(H,48,55)(H,49,57)(H,50,58)(H,51,53)(H,52,56)(H,59,60)/t28-,31-,32-,33-,34-,35-,36-,37-/m0/s1. The number of carboxylic acid groups (broad SMARTS) is 1. The van der Waals surface area contributed by atoms with E-state index < -0.39 is 89.6 Å². The Morgan fingerprint density at radius 2 is 1.03 bits per heavy atom. The molecule has 2 aromatic carbocycles. The van der Waals surface area contributed by atoms with Crippen molar-refractivity contribution < 1.29 is 38.7 Å². The van der Waals surface area contributed by atoms with E-state index in [1.807, 2.05) is 58.0 Å². The van der Waals surface area contributed by atoms with E-state index in [0.717, 1.165) is 5.56 Å². The monoisotopic (exact) mass is 868 g/mol. The molecule has 2 aromatic rings. The summed E-state index contributed by atoms with van der Waals surface area (Å²) in [5, 5.41) is 25.9. The fraction of sp³-hybridized carbons (Fsp3) is 0.568. The Hall–Kier alpha value is -5.00. The van der Waals surface area contributed by atoms with Gasteiger partial charge in [-0.1, -0.05) is 109 Å². The van der Waals surface area contributed by atoms with Gasteiger partial charge in [0.25, 0.3) is 0 Å². The summed E-state index contributed by atoms with van der Waals surface area (Å²) in [4.78, 5) is 94.3. The Balaban J connectivity index is 2.37. The number of carboxylic acids is 1. The Kier molecular flexibility index (Phi) is 23.1. The fourth-order valence-corrected chi connectivity index (χ4v) is 6.67. The second-order valence-electron chi connectivity index (χ2n) is 16.3. The number of rotatable bonds is 27. The van der Waals surface area contributed by atoms with Crippen molar-refractivity contribution in [1.29, 1.82) is 0 Å². The Morgan fingerprint density at radius 3 is 1.48 bits per heavy atom. The molecule has 0 saturated heterocycles. The van der Waals surface area contributed by atoms with Crippen LogP contribution in [0.25, 0.3) is 0 Å². The van der Waals surface area contributed by atoms with Gasteiger partial charge in [0.1, 0.15) is 36.3 Å². The number of benzene rings is 2. The second-order valence-corrected chi connectivity index (χ2v) is 16.6. The minimum atomic E-state index is -1.28. The van der Waals surface area contributed by atoms with Gasteiger partial charge in [-0.05, 0) is 61.1 Å². The zero-order valence-electron chi connectivity index (χ0n) is 36.3. The first-order chi connectivity index (χ1) is 28.9. The molecule has 0 fully saturated rings. The normalized spacial score (nSPS) is 15.2. The largest absolute Gasteiger partial charge is 0.480 e. The molecule has 0 radical (unpaired) electrons. The molecular formula is C44H68N8O8S. The van der Waals surface area contributed by atoms with Crippen molar-refractivity contribution in [2.45, 2.75) is 129 Å². The van der Waals surface area contributed by atoms with Gasteiger partial charge in [-0.15, -0.1) is 0 Å². The van der Waals surface area contributed by atoms with E-state index in [0.29, 0.717) is 31.4 Å². The summed E-state index contributed by atoms with van der Waals surface area (Å²) in [6.45, 7) is 11.1. The summed E-state index contributed by atoms with van der Waals surface area (Å²) in [5.74, 6) is -6.03. The molecule has 11 N–H and O–H groups in total. The molecule has 61 heavy (non-hydrogen) atoms. The van der Waals surface area contributed by atoms with Gasteiger partial charge in [0.05, 0.1) is 6.04 Å². The SMILES string of the molecule is CC[C@H](C)[C@H](N)C(=O)N[C@@H](Cc1ccccc1)C(=O)N[C@@H](CCCCN)C(=O)N[C@@H](CS)C(=O)N[C@@H](Cc1ccccc1)C(=O)N[C@@H](CC(C)C)C(=O)N[C@H](C(=O)O)C(C)C. The van der Waals surface area contributed by atoms with Crippen LogP contribution in [0.1, 0.15) is 84.8 Å². The zero-order valence-corrected chi connectivity index (χ0v) is 37.2. The molecule has 338 valence electrons. The van der Waals surface area contributed by atoms with Crippen molar-refractivity contribution in [2.24, 2.45) is 29.2 Å². The Bertz CT molecular complexity index is 1720. The quantitative estimate of drug-likeness (QED) is 0.0458. The Labute approximate surface area is 365 Å². The first-order valence-corrected chi connectivity index (χ1v) is 21.7. The minimum Gasteiger partial charge on any atom is -0.480 e. The van der Waals surface area contributed by atoms with Gasteiger partial charge in [-0.2, -0.15) is 12.6 Å². The molecule has 0 bridgehead atoms. The number of nitrogens with two attached hydrogens (primary N) is 2. The third-order valence-corrected chi connectivity index (χ3v) is 10.7. The van der Waals surface area contributed by atoms with E-state index in [9.17, 15) is 38.7 Å². The lowest BCUT2D eigenvalue weighted by atomic mass is 9.98. The average molecular weight is 869 g/mol. The molecular weight excluding hydrogens is 801 g/mol. The topological polar surface area (TPSA) is 264 Å². The number of thiol groups is 1. The smallest absolute Gasteiger partial charge is 0.326 e. The predicted octanol–water partition coefficient (Wildman–Crippen LogP) is 1.60. The van der Waals surface area contributed by atoms with Crippen LogP contribution in [0.2, 0.25) is 0 Å². The number of hydrogen-bond donors (Lipinski definition) is 10. The molecule has 0 unspecified atom stereocenters. The van der Waals surface area contributed by atoms with Crippen molar-refractivity contribution in [1.82, 2.24) is 31.9 Å².